The van der Waals surface area contributed by atoms with Crippen molar-refractivity contribution in [3.63, 3.8) is 0 Å². The molecule has 170 valence electrons. The average Bonchev–Trinajstić information content (AvgIpc) is 3.23. The molecule has 0 radical (unpaired) electrons. The lowest BCUT2D eigenvalue weighted by Crippen LogP contribution is -2.35. The Balaban J connectivity index is 1.44. The van der Waals surface area contributed by atoms with Crippen LogP contribution in [0.15, 0.2) is 58.1 Å². The fourth-order valence-electron chi connectivity index (χ4n) is 3.25. The van der Waals surface area contributed by atoms with Crippen molar-refractivity contribution in [3.05, 3.63) is 59.2 Å². The molecular weight excluding hydrogens is 440 g/mol. The van der Waals surface area contributed by atoms with Gasteiger partial charge in [-0.25, -0.2) is 0 Å². The molecule has 0 spiro atoms. The van der Waals surface area contributed by atoms with Crippen molar-refractivity contribution >= 4 is 39.8 Å². The summed E-state index contributed by atoms with van der Waals surface area (Å²) in [5.74, 6) is 1.42. The summed E-state index contributed by atoms with van der Waals surface area (Å²) in [6.45, 7) is 4.71. The number of rotatable bonds is 8. The fraction of sp³-hybridized carbons (Fsp3) is 0.250. The second-order valence-electron chi connectivity index (χ2n) is 7.29. The Bertz CT molecular complexity index is 1190. The van der Waals surface area contributed by atoms with E-state index in [4.69, 9.17) is 19.6 Å². The van der Waals surface area contributed by atoms with Gasteiger partial charge in [-0.2, -0.15) is 15.1 Å². The van der Waals surface area contributed by atoms with Gasteiger partial charge in [-0.05, 0) is 66.6 Å². The Labute approximate surface area is 196 Å². The van der Waals surface area contributed by atoms with Crippen LogP contribution in [0.4, 0.5) is 0 Å². The number of aryl methyl sites for hydroxylation is 1. The van der Waals surface area contributed by atoms with Gasteiger partial charge < -0.3 is 14.2 Å². The highest BCUT2D eigenvalue weighted by atomic mass is 32.2. The molecule has 33 heavy (non-hydrogen) atoms. The van der Waals surface area contributed by atoms with Gasteiger partial charge in [0, 0.05) is 0 Å². The topological polar surface area (TPSA) is 96.6 Å². The number of nitrogens with one attached hydrogen (secondary N) is 1. The summed E-state index contributed by atoms with van der Waals surface area (Å²) in [6, 6.07) is 13.1. The number of benzene rings is 2. The van der Waals surface area contributed by atoms with Crippen LogP contribution in [-0.2, 0) is 4.79 Å². The summed E-state index contributed by atoms with van der Waals surface area (Å²) in [7, 11) is 1.55. The molecule has 8 nitrogen and oxygen atoms in total. The molecule has 4 rings (SSSR count). The van der Waals surface area contributed by atoms with Crippen molar-refractivity contribution in [2.24, 2.45) is 10.1 Å². The maximum atomic E-state index is 12.5. The number of amidine groups is 2. The van der Waals surface area contributed by atoms with E-state index < -0.39 is 5.91 Å². The van der Waals surface area contributed by atoms with E-state index in [0.29, 0.717) is 35.4 Å². The highest BCUT2D eigenvalue weighted by Gasteiger charge is 2.35. The van der Waals surface area contributed by atoms with E-state index in [-0.39, 0.29) is 11.4 Å². The standard InChI is InChI=1S/C24H24N4O4S/c1-4-21-27-28-22(25)18(23(29)26-24(28)33-21)13-16-8-9-19(20(14-16)30-3)32-11-10-31-17-7-5-6-15(2)12-17/h5-9,12-14,25H,4,10-11H2,1-3H3/b18-13-,25-22?. The summed E-state index contributed by atoms with van der Waals surface area (Å²) in [4.78, 5) is 16.6. The number of hydrogen-bond donors (Lipinski definition) is 1. The maximum absolute atomic E-state index is 12.5. The SMILES string of the molecule is CCC1=NN2C(=N)/C(=C/c3ccc(OCCOc4cccc(C)c4)c(OC)c3)C(=O)N=C2S1. The van der Waals surface area contributed by atoms with Crippen LogP contribution in [0.5, 0.6) is 17.2 Å². The van der Waals surface area contributed by atoms with Gasteiger partial charge in [-0.15, -0.1) is 0 Å². The monoisotopic (exact) mass is 464 g/mol. The molecule has 2 aromatic carbocycles. The highest BCUT2D eigenvalue weighted by molar-refractivity contribution is 8.26. The van der Waals surface area contributed by atoms with Crippen molar-refractivity contribution in [2.45, 2.75) is 20.3 Å². The first-order chi connectivity index (χ1) is 16.0. The molecule has 1 amide bonds. The third-order valence-corrected chi connectivity index (χ3v) is 5.95. The first-order valence-corrected chi connectivity index (χ1v) is 11.3. The fourth-order valence-corrected chi connectivity index (χ4v) is 4.08. The molecule has 0 saturated carbocycles. The minimum Gasteiger partial charge on any atom is -0.493 e. The van der Waals surface area contributed by atoms with E-state index in [1.54, 1.807) is 31.4 Å². The van der Waals surface area contributed by atoms with Crippen LogP contribution in [0, 0.1) is 12.3 Å². The first-order valence-electron chi connectivity index (χ1n) is 10.5. The van der Waals surface area contributed by atoms with Crippen LogP contribution in [0.3, 0.4) is 0 Å². The molecule has 2 aromatic rings. The summed E-state index contributed by atoms with van der Waals surface area (Å²) in [5, 5.41) is 15.4. The molecule has 1 N–H and O–H groups in total. The third kappa shape index (κ3) is 5.09. The number of ether oxygens (including phenoxy) is 3. The zero-order chi connectivity index (χ0) is 23.4. The van der Waals surface area contributed by atoms with Gasteiger partial charge in [0.2, 0.25) is 5.17 Å². The average molecular weight is 465 g/mol. The lowest BCUT2D eigenvalue weighted by Gasteiger charge is -2.20. The van der Waals surface area contributed by atoms with Gasteiger partial charge in [0.15, 0.2) is 17.3 Å². The van der Waals surface area contributed by atoms with Crippen LogP contribution in [0.1, 0.15) is 24.5 Å². The van der Waals surface area contributed by atoms with E-state index >= 15 is 0 Å². The molecule has 2 aliphatic heterocycles. The Kier molecular flexibility index (Phi) is 6.79. The highest BCUT2D eigenvalue weighted by Crippen LogP contribution is 2.32. The Morgan fingerprint density at radius 2 is 1.94 bits per heavy atom. The van der Waals surface area contributed by atoms with E-state index in [9.17, 15) is 4.79 Å². The summed E-state index contributed by atoms with van der Waals surface area (Å²) >= 11 is 1.32. The minimum absolute atomic E-state index is 0.00791. The number of carbonyl (C=O) groups is 1. The molecule has 2 heterocycles. The van der Waals surface area contributed by atoms with Crippen LogP contribution in [0.2, 0.25) is 0 Å². The lowest BCUT2D eigenvalue weighted by molar-refractivity contribution is -0.114. The predicted molar refractivity (Wildman–Crippen MR) is 130 cm³/mol. The van der Waals surface area contributed by atoms with Crippen LogP contribution < -0.4 is 14.2 Å². The van der Waals surface area contributed by atoms with Crippen LogP contribution >= 0.6 is 11.8 Å². The summed E-state index contributed by atoms with van der Waals surface area (Å²) < 4.78 is 17.0. The number of methoxy groups -OCH3 is 1. The summed E-state index contributed by atoms with van der Waals surface area (Å²) in [5.41, 5.74) is 1.99. The molecule has 0 atom stereocenters. The van der Waals surface area contributed by atoms with Crippen molar-refractivity contribution in [1.29, 1.82) is 5.41 Å². The molecular formula is C24H24N4O4S. The van der Waals surface area contributed by atoms with E-state index in [0.717, 1.165) is 22.8 Å². The summed E-state index contributed by atoms with van der Waals surface area (Å²) in [6.07, 6.45) is 2.33. The maximum Gasteiger partial charge on any atom is 0.283 e. The number of carbonyl (C=O) groups excluding carboxylic acids is 1. The van der Waals surface area contributed by atoms with E-state index in [2.05, 4.69) is 10.1 Å². The van der Waals surface area contributed by atoms with Gasteiger partial charge in [-0.1, -0.05) is 25.1 Å². The molecule has 0 aromatic heterocycles. The number of fused-ring (bicyclic) bond motifs is 1. The molecule has 0 fully saturated rings. The third-order valence-electron chi connectivity index (χ3n) is 4.90. The Morgan fingerprint density at radius 1 is 1.12 bits per heavy atom. The number of hydrazone groups is 1. The smallest absolute Gasteiger partial charge is 0.283 e. The predicted octanol–water partition coefficient (Wildman–Crippen LogP) is 4.49. The Morgan fingerprint density at radius 3 is 2.70 bits per heavy atom. The van der Waals surface area contributed by atoms with Gasteiger partial charge in [-0.3, -0.25) is 10.2 Å². The van der Waals surface area contributed by atoms with Crippen molar-refractivity contribution in [2.75, 3.05) is 20.3 Å². The lowest BCUT2D eigenvalue weighted by atomic mass is 10.1. The molecule has 2 aliphatic rings. The number of nitrogens with zero attached hydrogens (tertiary/aromatic N) is 3. The molecule has 0 unspecified atom stereocenters. The molecule has 0 aliphatic carbocycles. The number of aliphatic imine (C=N–C) groups is 1. The molecule has 9 heteroatoms. The number of thioether (sulfide) groups is 1. The van der Waals surface area contributed by atoms with Crippen LogP contribution in [0.25, 0.3) is 6.08 Å². The second-order valence-corrected chi connectivity index (χ2v) is 8.33. The molecule has 0 bridgehead atoms. The Hall–Kier alpha value is -3.59. The van der Waals surface area contributed by atoms with E-state index in [1.165, 1.54) is 16.8 Å². The van der Waals surface area contributed by atoms with Gasteiger partial charge >= 0.3 is 0 Å². The minimum atomic E-state index is -0.459. The zero-order valence-corrected chi connectivity index (χ0v) is 19.4. The van der Waals surface area contributed by atoms with Crippen molar-refractivity contribution < 1.29 is 19.0 Å². The van der Waals surface area contributed by atoms with Crippen LogP contribution in [-0.4, -0.2) is 47.3 Å². The van der Waals surface area contributed by atoms with Gasteiger partial charge in [0.1, 0.15) is 24.0 Å². The largest absolute Gasteiger partial charge is 0.493 e. The first kappa shape index (κ1) is 22.6. The van der Waals surface area contributed by atoms with Crippen molar-refractivity contribution in [1.82, 2.24) is 5.01 Å². The van der Waals surface area contributed by atoms with Gasteiger partial charge in [0.25, 0.3) is 5.91 Å². The van der Waals surface area contributed by atoms with Crippen molar-refractivity contribution in [3.8, 4) is 17.2 Å². The normalized spacial score (nSPS) is 16.5. The second kappa shape index (κ2) is 9.91. The quantitative estimate of drug-likeness (QED) is 0.457. The molecule has 0 saturated heterocycles. The number of hydrogen-bond acceptors (Lipinski definition) is 7. The zero-order valence-electron chi connectivity index (χ0n) is 18.6. The van der Waals surface area contributed by atoms with Gasteiger partial charge in [0.05, 0.1) is 12.7 Å². The van der Waals surface area contributed by atoms with E-state index in [1.807, 2.05) is 38.1 Å². The number of amides is 1.